The number of hydrazine groups is 1. The first-order valence-corrected chi connectivity index (χ1v) is 9.39. The van der Waals surface area contributed by atoms with Crippen molar-refractivity contribution >= 4 is 44.0 Å². The summed E-state index contributed by atoms with van der Waals surface area (Å²) in [7, 11) is -3.38. The van der Waals surface area contributed by atoms with E-state index in [0.29, 0.717) is 11.4 Å². The molecule has 0 unspecified atom stereocenters. The molecule has 11 nitrogen and oxygen atoms in total. The number of aromatic nitrogens is 2. The largest absolute Gasteiger partial charge is 0.361 e. The smallest absolute Gasteiger partial charge is 0.297 e. The van der Waals surface area contributed by atoms with Crippen molar-refractivity contribution in [1.29, 1.82) is 0 Å². The molecule has 1 aromatic heterocycles. The Balaban J connectivity index is 1.72. The highest BCUT2D eigenvalue weighted by Crippen LogP contribution is 2.24. The van der Waals surface area contributed by atoms with Crippen LogP contribution in [0.2, 0.25) is 0 Å². The van der Waals surface area contributed by atoms with Gasteiger partial charge in [-0.05, 0) is 30.3 Å². The number of fused-ring (bicyclic) bond motifs is 1. The maximum Gasteiger partial charge on any atom is 0.361 e. The highest BCUT2D eigenvalue weighted by Gasteiger charge is 2.17. The predicted octanol–water partition coefficient (Wildman–Crippen LogP) is 1.90. The number of nitrogens with one attached hydrogen (secondary N) is 3. The summed E-state index contributed by atoms with van der Waals surface area (Å²) in [5.74, 6) is 0. The van der Waals surface area contributed by atoms with Crippen LogP contribution in [-0.4, -0.2) is 35.4 Å². The summed E-state index contributed by atoms with van der Waals surface area (Å²) in [6.07, 6.45) is 2.29. The average Bonchev–Trinajstić information content (AvgIpc) is 3.03. The van der Waals surface area contributed by atoms with Crippen molar-refractivity contribution in [3.63, 3.8) is 0 Å². The molecule has 2 aromatic carbocycles. The minimum atomic E-state index is -3.38. The number of nitrogens with zero attached hydrogens (tertiary/aromatic N) is 3. The number of carbonyl (C=O) groups is 1. The van der Waals surface area contributed by atoms with E-state index in [-0.39, 0.29) is 16.6 Å². The van der Waals surface area contributed by atoms with Crippen LogP contribution in [0.4, 0.5) is 21.9 Å². The van der Waals surface area contributed by atoms with Crippen LogP contribution in [0, 0.1) is 10.1 Å². The average molecular weight is 390 g/mol. The first-order chi connectivity index (χ1) is 12.7. The van der Waals surface area contributed by atoms with E-state index in [1.165, 1.54) is 30.5 Å². The molecule has 0 saturated heterocycles. The monoisotopic (exact) mass is 390 g/mol. The molecule has 12 heteroatoms. The summed E-state index contributed by atoms with van der Waals surface area (Å²) in [6, 6.07) is 9.83. The number of anilines is 2. The Hall–Kier alpha value is -3.67. The molecular formula is C15H14N6O5S. The van der Waals surface area contributed by atoms with Crippen LogP contribution in [0.3, 0.4) is 0 Å². The highest BCUT2D eigenvalue weighted by molar-refractivity contribution is 7.92. The SMILES string of the molecule is CS(=O)(=O)Nc1ccc(NNC(=O)n2ncc3c([N+](=O)[O-])cccc32)cc1. The van der Waals surface area contributed by atoms with Gasteiger partial charge in [0.2, 0.25) is 10.0 Å². The van der Waals surface area contributed by atoms with Gasteiger partial charge < -0.3 is 0 Å². The molecule has 0 atom stereocenters. The molecular weight excluding hydrogens is 376 g/mol. The van der Waals surface area contributed by atoms with Gasteiger partial charge in [-0.1, -0.05) is 6.07 Å². The summed E-state index contributed by atoms with van der Waals surface area (Å²) >= 11 is 0. The van der Waals surface area contributed by atoms with Crippen molar-refractivity contribution in [3.05, 3.63) is 58.8 Å². The molecule has 3 aromatic rings. The normalized spacial score (nSPS) is 11.1. The molecule has 0 aliphatic heterocycles. The Kier molecular flexibility index (Phi) is 4.64. The van der Waals surface area contributed by atoms with Crippen molar-refractivity contribution in [2.75, 3.05) is 16.4 Å². The number of nitro groups is 1. The third-order valence-electron chi connectivity index (χ3n) is 3.48. The van der Waals surface area contributed by atoms with Gasteiger partial charge in [0.25, 0.3) is 5.69 Å². The number of hydrogen-bond acceptors (Lipinski definition) is 7. The van der Waals surface area contributed by atoms with Crippen molar-refractivity contribution in [3.8, 4) is 0 Å². The van der Waals surface area contributed by atoms with Crippen LogP contribution < -0.4 is 15.6 Å². The van der Waals surface area contributed by atoms with Gasteiger partial charge in [-0.2, -0.15) is 9.78 Å². The van der Waals surface area contributed by atoms with Gasteiger partial charge in [0.1, 0.15) is 0 Å². The number of non-ortho nitro benzene ring substituents is 1. The first kappa shape index (κ1) is 18.1. The van der Waals surface area contributed by atoms with Gasteiger partial charge in [0.05, 0.1) is 34.0 Å². The van der Waals surface area contributed by atoms with E-state index in [2.05, 4.69) is 20.7 Å². The molecule has 0 saturated carbocycles. The minimum Gasteiger partial charge on any atom is -0.297 e. The molecule has 3 N–H and O–H groups in total. The first-order valence-electron chi connectivity index (χ1n) is 7.50. The molecule has 0 spiro atoms. The summed E-state index contributed by atoms with van der Waals surface area (Å²) in [5.41, 5.74) is 6.07. The maximum atomic E-state index is 12.3. The Morgan fingerprint density at radius 2 is 1.81 bits per heavy atom. The van der Waals surface area contributed by atoms with E-state index in [4.69, 9.17) is 0 Å². The third kappa shape index (κ3) is 4.12. The fourth-order valence-electron chi connectivity index (χ4n) is 2.37. The fourth-order valence-corrected chi connectivity index (χ4v) is 2.94. The van der Waals surface area contributed by atoms with Crippen LogP contribution in [0.15, 0.2) is 48.7 Å². The van der Waals surface area contributed by atoms with Crippen molar-refractivity contribution in [2.45, 2.75) is 0 Å². The van der Waals surface area contributed by atoms with Crippen molar-refractivity contribution in [1.82, 2.24) is 15.2 Å². The van der Waals surface area contributed by atoms with Crippen LogP contribution in [-0.2, 0) is 10.0 Å². The second-order valence-corrected chi connectivity index (χ2v) is 7.28. The number of rotatable bonds is 5. The molecule has 140 valence electrons. The lowest BCUT2D eigenvalue weighted by atomic mass is 10.2. The number of sulfonamides is 1. The molecule has 0 aliphatic carbocycles. The Labute approximate surface area is 153 Å². The number of nitro benzene ring substituents is 1. The summed E-state index contributed by atoms with van der Waals surface area (Å²) in [6.45, 7) is 0. The van der Waals surface area contributed by atoms with Gasteiger partial charge in [0.15, 0.2) is 0 Å². The van der Waals surface area contributed by atoms with E-state index in [9.17, 15) is 23.3 Å². The predicted molar refractivity (Wildman–Crippen MR) is 98.8 cm³/mol. The number of carbonyl (C=O) groups excluding carboxylic acids is 1. The second kappa shape index (κ2) is 6.92. The lowest BCUT2D eigenvalue weighted by molar-refractivity contribution is -0.383. The maximum absolute atomic E-state index is 12.3. The molecule has 0 bridgehead atoms. The Morgan fingerprint density at radius 1 is 1.15 bits per heavy atom. The standard InChI is InChI=1S/C15H14N6O5S/c1-27(25,26)19-11-7-5-10(6-8-11)17-18-15(22)20-13-3-2-4-14(21(23)24)12(13)9-16-20/h2-9,17,19H,1H3,(H,18,22). The number of benzene rings is 2. The van der Waals surface area contributed by atoms with Crippen LogP contribution in [0.5, 0.6) is 0 Å². The number of amides is 1. The van der Waals surface area contributed by atoms with E-state index >= 15 is 0 Å². The lowest BCUT2D eigenvalue weighted by Crippen LogP contribution is -2.33. The third-order valence-corrected chi connectivity index (χ3v) is 4.09. The van der Waals surface area contributed by atoms with E-state index in [1.54, 1.807) is 18.2 Å². The quantitative estimate of drug-likeness (QED) is 0.445. The fraction of sp³-hybridized carbons (Fsp3) is 0.0667. The minimum absolute atomic E-state index is 0.145. The zero-order valence-electron chi connectivity index (χ0n) is 13.9. The molecule has 0 aliphatic rings. The highest BCUT2D eigenvalue weighted by atomic mass is 32.2. The van der Waals surface area contributed by atoms with Gasteiger partial charge in [-0.25, -0.2) is 18.6 Å². The zero-order valence-corrected chi connectivity index (χ0v) is 14.7. The van der Waals surface area contributed by atoms with E-state index in [1.807, 2.05) is 0 Å². The van der Waals surface area contributed by atoms with Crippen LogP contribution in [0.1, 0.15) is 0 Å². The number of hydrogen-bond donors (Lipinski definition) is 3. The van der Waals surface area contributed by atoms with Crippen LogP contribution in [0.25, 0.3) is 10.9 Å². The molecule has 3 rings (SSSR count). The zero-order chi connectivity index (χ0) is 19.6. The molecule has 27 heavy (non-hydrogen) atoms. The van der Waals surface area contributed by atoms with Gasteiger partial charge in [-0.15, -0.1) is 0 Å². The van der Waals surface area contributed by atoms with E-state index in [0.717, 1.165) is 10.9 Å². The Morgan fingerprint density at radius 3 is 2.44 bits per heavy atom. The van der Waals surface area contributed by atoms with Crippen LogP contribution >= 0.6 is 0 Å². The Bertz CT molecular complexity index is 1120. The molecule has 0 fully saturated rings. The van der Waals surface area contributed by atoms with E-state index < -0.39 is 21.0 Å². The van der Waals surface area contributed by atoms with Gasteiger partial charge >= 0.3 is 6.03 Å². The lowest BCUT2D eigenvalue weighted by Gasteiger charge is -2.10. The summed E-state index contributed by atoms with van der Waals surface area (Å²) in [5, 5.41) is 15.2. The summed E-state index contributed by atoms with van der Waals surface area (Å²) in [4.78, 5) is 22.8. The van der Waals surface area contributed by atoms with Crippen molar-refractivity contribution < 1.29 is 18.1 Å². The van der Waals surface area contributed by atoms with Gasteiger partial charge in [-0.3, -0.25) is 20.3 Å². The summed E-state index contributed by atoms with van der Waals surface area (Å²) < 4.78 is 25.7. The van der Waals surface area contributed by atoms with Crippen molar-refractivity contribution in [2.24, 2.45) is 0 Å². The van der Waals surface area contributed by atoms with Gasteiger partial charge in [0, 0.05) is 11.8 Å². The molecule has 1 amide bonds. The molecule has 1 heterocycles. The topological polar surface area (TPSA) is 148 Å². The molecule has 0 radical (unpaired) electrons. The second-order valence-electron chi connectivity index (χ2n) is 5.53.